The molecular weight excluding hydrogens is 282 g/mol. The van der Waals surface area contributed by atoms with Crippen LogP contribution in [0.5, 0.6) is 0 Å². The van der Waals surface area contributed by atoms with Crippen molar-refractivity contribution in [1.29, 1.82) is 0 Å². The number of rotatable bonds is 4. The number of nitrogens with zero attached hydrogens (tertiary/aromatic N) is 2. The van der Waals surface area contributed by atoms with Crippen LogP contribution in [-0.4, -0.2) is 9.97 Å². The van der Waals surface area contributed by atoms with E-state index in [1.165, 1.54) is 0 Å². The molecule has 1 N–H and O–H groups in total. The van der Waals surface area contributed by atoms with Crippen LogP contribution in [0, 0.1) is 0 Å². The molecule has 0 saturated heterocycles. The minimum Gasteiger partial charge on any atom is -0.305 e. The Kier molecular flexibility index (Phi) is 4.13. The minimum absolute atomic E-state index is 0.206. The molecule has 4 heteroatoms. The first kappa shape index (κ1) is 14.0. The van der Waals surface area contributed by atoms with E-state index in [0.717, 1.165) is 27.3 Å². The highest BCUT2D eigenvalue weighted by molar-refractivity contribution is 6.30. The van der Waals surface area contributed by atoms with Crippen molar-refractivity contribution >= 4 is 22.6 Å². The Balaban J connectivity index is 1.71. The normalized spacial score (nSPS) is 12.5. The number of fused-ring (bicyclic) bond motifs is 1. The number of halogens is 1. The molecule has 3 nitrogen and oxygen atoms in total. The van der Waals surface area contributed by atoms with E-state index < -0.39 is 0 Å². The van der Waals surface area contributed by atoms with Crippen LogP contribution in [0.15, 0.2) is 54.7 Å². The van der Waals surface area contributed by atoms with E-state index in [1.54, 1.807) is 0 Å². The van der Waals surface area contributed by atoms with Crippen molar-refractivity contribution in [2.75, 3.05) is 0 Å². The zero-order valence-corrected chi connectivity index (χ0v) is 12.5. The molecule has 0 fully saturated rings. The standard InChI is InChI=1S/C17H16ClN3/c1-12(13-5-4-6-14(18)9-13)19-10-15-11-20-16-7-2-3-8-17(16)21-15/h2-9,11-12,19H,10H2,1H3/t12-/m1/s1. The van der Waals surface area contributed by atoms with Crippen molar-refractivity contribution in [3.63, 3.8) is 0 Å². The van der Waals surface area contributed by atoms with Gasteiger partial charge in [-0.15, -0.1) is 0 Å². The van der Waals surface area contributed by atoms with Gasteiger partial charge in [0, 0.05) is 17.6 Å². The van der Waals surface area contributed by atoms with E-state index in [4.69, 9.17) is 11.6 Å². The van der Waals surface area contributed by atoms with Crippen molar-refractivity contribution in [3.05, 3.63) is 71.0 Å². The van der Waals surface area contributed by atoms with Gasteiger partial charge in [-0.1, -0.05) is 35.9 Å². The molecule has 0 radical (unpaired) electrons. The predicted molar refractivity (Wildman–Crippen MR) is 86.2 cm³/mol. The van der Waals surface area contributed by atoms with Crippen LogP contribution in [0.3, 0.4) is 0 Å². The summed E-state index contributed by atoms with van der Waals surface area (Å²) >= 11 is 6.02. The van der Waals surface area contributed by atoms with Crippen LogP contribution in [0.1, 0.15) is 24.2 Å². The number of hydrogen-bond donors (Lipinski definition) is 1. The van der Waals surface area contributed by atoms with Crippen molar-refractivity contribution < 1.29 is 0 Å². The molecule has 0 aliphatic carbocycles. The zero-order chi connectivity index (χ0) is 14.7. The lowest BCUT2D eigenvalue weighted by Crippen LogP contribution is -2.18. The molecule has 21 heavy (non-hydrogen) atoms. The molecular formula is C17H16ClN3. The monoisotopic (exact) mass is 297 g/mol. The molecule has 0 spiro atoms. The molecule has 0 aliphatic rings. The van der Waals surface area contributed by atoms with Crippen molar-refractivity contribution in [2.45, 2.75) is 19.5 Å². The molecule has 106 valence electrons. The third-order valence-electron chi connectivity index (χ3n) is 3.44. The van der Waals surface area contributed by atoms with Gasteiger partial charge in [-0.25, -0.2) is 4.98 Å². The average molecular weight is 298 g/mol. The fourth-order valence-electron chi connectivity index (χ4n) is 2.23. The van der Waals surface area contributed by atoms with Crippen LogP contribution in [0.4, 0.5) is 0 Å². The van der Waals surface area contributed by atoms with E-state index in [2.05, 4.69) is 28.3 Å². The first-order valence-electron chi connectivity index (χ1n) is 6.92. The van der Waals surface area contributed by atoms with Crippen LogP contribution >= 0.6 is 11.6 Å². The summed E-state index contributed by atoms with van der Waals surface area (Å²) in [7, 11) is 0. The number of nitrogens with one attached hydrogen (secondary N) is 1. The molecule has 0 unspecified atom stereocenters. The van der Waals surface area contributed by atoms with Gasteiger partial charge in [-0.05, 0) is 36.8 Å². The first-order valence-corrected chi connectivity index (χ1v) is 7.30. The van der Waals surface area contributed by atoms with Crippen molar-refractivity contribution in [2.24, 2.45) is 0 Å². The van der Waals surface area contributed by atoms with Crippen LogP contribution in [0.25, 0.3) is 11.0 Å². The molecule has 0 aliphatic heterocycles. The van der Waals surface area contributed by atoms with Gasteiger partial charge < -0.3 is 5.32 Å². The molecule has 1 atom stereocenters. The molecule has 0 amide bonds. The molecule has 0 bridgehead atoms. The van der Waals surface area contributed by atoms with Gasteiger partial charge in [-0.2, -0.15) is 0 Å². The van der Waals surface area contributed by atoms with Crippen molar-refractivity contribution in [3.8, 4) is 0 Å². The van der Waals surface area contributed by atoms with Crippen LogP contribution in [0.2, 0.25) is 5.02 Å². The van der Waals surface area contributed by atoms with E-state index in [9.17, 15) is 0 Å². The lowest BCUT2D eigenvalue weighted by Gasteiger charge is -2.14. The maximum absolute atomic E-state index is 6.02. The summed E-state index contributed by atoms with van der Waals surface area (Å²) in [5.74, 6) is 0. The Morgan fingerprint density at radius 1 is 1.10 bits per heavy atom. The minimum atomic E-state index is 0.206. The lowest BCUT2D eigenvalue weighted by atomic mass is 10.1. The summed E-state index contributed by atoms with van der Waals surface area (Å²) in [6.07, 6.45) is 1.82. The maximum atomic E-state index is 6.02. The number of para-hydroxylation sites is 2. The van der Waals surface area contributed by atoms with E-state index in [1.807, 2.05) is 48.7 Å². The predicted octanol–water partition coefficient (Wildman–Crippen LogP) is 4.13. The van der Waals surface area contributed by atoms with E-state index >= 15 is 0 Å². The summed E-state index contributed by atoms with van der Waals surface area (Å²) in [5.41, 5.74) is 3.94. The van der Waals surface area contributed by atoms with Gasteiger partial charge in [0.2, 0.25) is 0 Å². The number of aromatic nitrogens is 2. The second-order valence-corrected chi connectivity index (χ2v) is 5.44. The topological polar surface area (TPSA) is 37.8 Å². The third-order valence-corrected chi connectivity index (χ3v) is 3.67. The molecule has 1 aromatic heterocycles. The van der Waals surface area contributed by atoms with Gasteiger partial charge in [0.1, 0.15) is 0 Å². The van der Waals surface area contributed by atoms with Gasteiger partial charge in [0.15, 0.2) is 0 Å². The number of hydrogen-bond acceptors (Lipinski definition) is 3. The summed E-state index contributed by atoms with van der Waals surface area (Å²) in [5, 5.41) is 4.20. The third kappa shape index (κ3) is 3.38. The quantitative estimate of drug-likeness (QED) is 0.786. The van der Waals surface area contributed by atoms with Gasteiger partial charge in [0.25, 0.3) is 0 Å². The summed E-state index contributed by atoms with van der Waals surface area (Å²) in [6, 6.07) is 16.0. The second kappa shape index (κ2) is 6.20. The second-order valence-electron chi connectivity index (χ2n) is 5.01. The number of benzene rings is 2. The summed E-state index contributed by atoms with van der Waals surface area (Å²) < 4.78 is 0. The maximum Gasteiger partial charge on any atom is 0.0890 e. The molecule has 1 heterocycles. The Morgan fingerprint density at radius 2 is 1.90 bits per heavy atom. The summed E-state index contributed by atoms with van der Waals surface area (Å²) in [4.78, 5) is 9.03. The fourth-order valence-corrected chi connectivity index (χ4v) is 2.43. The lowest BCUT2D eigenvalue weighted by molar-refractivity contribution is 0.568. The van der Waals surface area contributed by atoms with Crippen molar-refractivity contribution in [1.82, 2.24) is 15.3 Å². The van der Waals surface area contributed by atoms with E-state index in [-0.39, 0.29) is 6.04 Å². The highest BCUT2D eigenvalue weighted by atomic mass is 35.5. The van der Waals surface area contributed by atoms with Crippen LogP contribution in [-0.2, 0) is 6.54 Å². The molecule has 3 aromatic rings. The summed E-state index contributed by atoms with van der Waals surface area (Å²) in [6.45, 7) is 2.78. The van der Waals surface area contributed by atoms with Gasteiger partial charge >= 0.3 is 0 Å². The zero-order valence-electron chi connectivity index (χ0n) is 11.8. The fraction of sp³-hybridized carbons (Fsp3) is 0.176. The SMILES string of the molecule is C[C@@H](NCc1cnc2ccccc2n1)c1cccc(Cl)c1. The molecule has 3 rings (SSSR count). The smallest absolute Gasteiger partial charge is 0.0890 e. The Morgan fingerprint density at radius 3 is 2.71 bits per heavy atom. The molecule has 2 aromatic carbocycles. The Hall–Kier alpha value is -1.97. The average Bonchev–Trinajstić information content (AvgIpc) is 2.52. The Labute approximate surface area is 129 Å². The van der Waals surface area contributed by atoms with E-state index in [0.29, 0.717) is 6.54 Å². The first-order chi connectivity index (χ1) is 10.2. The molecule has 0 saturated carbocycles. The highest BCUT2D eigenvalue weighted by Crippen LogP contribution is 2.17. The highest BCUT2D eigenvalue weighted by Gasteiger charge is 2.06. The Bertz CT molecular complexity index is 758. The largest absolute Gasteiger partial charge is 0.305 e. The van der Waals surface area contributed by atoms with Gasteiger partial charge in [-0.3, -0.25) is 4.98 Å². The van der Waals surface area contributed by atoms with Gasteiger partial charge in [0.05, 0.1) is 22.9 Å². The van der Waals surface area contributed by atoms with Crippen LogP contribution < -0.4 is 5.32 Å².